The van der Waals surface area contributed by atoms with Crippen molar-refractivity contribution >= 4 is 23.4 Å². The normalized spacial score (nSPS) is 21.1. The minimum atomic E-state index is -5.08. The van der Waals surface area contributed by atoms with Crippen LogP contribution in [0, 0.1) is 11.7 Å². The highest BCUT2D eigenvalue weighted by Crippen LogP contribution is 2.64. The fourth-order valence-electron chi connectivity index (χ4n) is 4.61. The van der Waals surface area contributed by atoms with Crippen LogP contribution in [0.5, 0.6) is 5.75 Å². The molecule has 5 rings (SSSR count). The fraction of sp³-hybridized carbons (Fsp3) is 0.391. The summed E-state index contributed by atoms with van der Waals surface area (Å²) in [7, 11) is 0. The zero-order valence-corrected chi connectivity index (χ0v) is 19.4. The molecule has 3 unspecified atom stereocenters. The fourth-order valence-corrected chi connectivity index (χ4v) is 4.61. The van der Waals surface area contributed by atoms with Crippen molar-refractivity contribution in [1.82, 2.24) is 14.6 Å². The number of aromatic carboxylic acids is 1. The SMILES string of the molecule is CC(N)COc1ccc(F)cc1C12CC1CCN2c1ccn2ncc(C(=O)O)c2n1.O=C(O)C(F)(F)F. The monoisotopic (exact) mass is 525 g/mol. The molecule has 1 aliphatic carbocycles. The molecule has 0 spiro atoms. The van der Waals surface area contributed by atoms with Gasteiger partial charge in [0.2, 0.25) is 0 Å². The Kier molecular flexibility index (Phi) is 6.71. The summed E-state index contributed by atoms with van der Waals surface area (Å²) in [6.45, 7) is 2.93. The zero-order chi connectivity index (χ0) is 27.1. The van der Waals surface area contributed by atoms with Crippen LogP contribution in [0.4, 0.5) is 23.4 Å². The van der Waals surface area contributed by atoms with Gasteiger partial charge in [0.15, 0.2) is 5.65 Å². The quantitative estimate of drug-likeness (QED) is 0.414. The first-order valence-corrected chi connectivity index (χ1v) is 11.2. The number of hydrogen-bond acceptors (Lipinski definition) is 7. The highest BCUT2D eigenvalue weighted by Gasteiger charge is 2.64. The van der Waals surface area contributed by atoms with Gasteiger partial charge in [-0.3, -0.25) is 0 Å². The number of ether oxygens (including phenoxy) is 1. The van der Waals surface area contributed by atoms with Gasteiger partial charge >= 0.3 is 18.1 Å². The number of aliphatic carboxylic acids is 1. The highest BCUT2D eigenvalue weighted by atomic mass is 19.4. The Hall–Kier alpha value is -3.94. The van der Waals surface area contributed by atoms with Crippen LogP contribution in [0.25, 0.3) is 5.65 Å². The first-order valence-electron chi connectivity index (χ1n) is 11.2. The average Bonchev–Trinajstić information content (AvgIpc) is 3.19. The van der Waals surface area contributed by atoms with E-state index in [-0.39, 0.29) is 23.1 Å². The number of carboxylic acids is 2. The van der Waals surface area contributed by atoms with E-state index in [1.807, 2.05) is 13.0 Å². The van der Waals surface area contributed by atoms with E-state index in [4.69, 9.17) is 20.4 Å². The number of halogens is 4. The van der Waals surface area contributed by atoms with Gasteiger partial charge in [0.05, 0.1) is 11.7 Å². The predicted octanol–water partition coefficient (Wildman–Crippen LogP) is 3.05. The van der Waals surface area contributed by atoms with Crippen LogP contribution in [-0.4, -0.2) is 62.1 Å². The van der Waals surface area contributed by atoms with Gasteiger partial charge in [-0.1, -0.05) is 0 Å². The van der Waals surface area contributed by atoms with E-state index in [9.17, 15) is 27.5 Å². The molecule has 4 N–H and O–H groups in total. The van der Waals surface area contributed by atoms with Crippen LogP contribution in [0.1, 0.15) is 35.7 Å². The Morgan fingerprint density at radius 2 is 2.00 bits per heavy atom. The molecule has 3 atom stereocenters. The summed E-state index contributed by atoms with van der Waals surface area (Å²) >= 11 is 0. The number of nitrogens with two attached hydrogens (primary N) is 1. The maximum Gasteiger partial charge on any atom is 0.490 e. The predicted molar refractivity (Wildman–Crippen MR) is 121 cm³/mol. The summed E-state index contributed by atoms with van der Waals surface area (Å²) in [6, 6.07) is 6.26. The van der Waals surface area contributed by atoms with Gasteiger partial charge in [-0.15, -0.1) is 0 Å². The molecule has 1 aliphatic heterocycles. The number of benzene rings is 1. The second-order valence-electron chi connectivity index (χ2n) is 8.91. The molecule has 3 aromatic rings. The van der Waals surface area contributed by atoms with Gasteiger partial charge in [0, 0.05) is 24.3 Å². The van der Waals surface area contributed by atoms with E-state index in [1.54, 1.807) is 12.3 Å². The van der Waals surface area contributed by atoms with E-state index >= 15 is 0 Å². The van der Waals surface area contributed by atoms with Crippen molar-refractivity contribution in [1.29, 1.82) is 0 Å². The lowest BCUT2D eigenvalue weighted by Crippen LogP contribution is -2.34. The van der Waals surface area contributed by atoms with Crippen LogP contribution in [-0.2, 0) is 10.3 Å². The van der Waals surface area contributed by atoms with Crippen molar-refractivity contribution < 1.29 is 42.1 Å². The Bertz CT molecular complexity index is 1340. The summed E-state index contributed by atoms with van der Waals surface area (Å²) in [5, 5.41) is 20.6. The maximum absolute atomic E-state index is 14.2. The number of carboxylic acid groups (broad SMARTS) is 2. The van der Waals surface area contributed by atoms with Crippen molar-refractivity contribution in [2.45, 2.75) is 37.5 Å². The third kappa shape index (κ3) is 5.01. The lowest BCUT2D eigenvalue weighted by Gasteiger charge is -2.31. The van der Waals surface area contributed by atoms with E-state index in [0.717, 1.165) is 24.9 Å². The molecule has 2 aromatic heterocycles. The molecule has 0 bridgehead atoms. The van der Waals surface area contributed by atoms with Gasteiger partial charge in [0.1, 0.15) is 29.6 Å². The molecule has 2 aliphatic rings. The molecular weight excluding hydrogens is 502 g/mol. The largest absolute Gasteiger partial charge is 0.492 e. The number of anilines is 1. The van der Waals surface area contributed by atoms with Crippen LogP contribution in [0.15, 0.2) is 36.7 Å². The van der Waals surface area contributed by atoms with Gasteiger partial charge in [-0.2, -0.15) is 18.3 Å². The lowest BCUT2D eigenvalue weighted by molar-refractivity contribution is -0.192. The standard InChI is InChI=1S/C21H22FN5O3.C2HF3O2/c1-12(23)11-30-17-3-2-14(22)8-16(17)21-9-13(21)4-6-26(21)18-5-7-27-19(25-18)15(10-24-27)20(28)29;3-2(4,5)1(6)7/h2-3,5,7-8,10,12-13H,4,6,9,11,23H2,1H3,(H,28,29);(H,6,7). The van der Waals surface area contributed by atoms with Gasteiger partial charge in [-0.25, -0.2) is 23.5 Å². The van der Waals surface area contributed by atoms with Crippen LogP contribution < -0.4 is 15.4 Å². The number of nitrogens with zero attached hydrogens (tertiary/aromatic N) is 4. The number of alkyl halides is 3. The van der Waals surface area contributed by atoms with E-state index in [2.05, 4.69) is 15.0 Å². The molecule has 10 nitrogen and oxygen atoms in total. The Morgan fingerprint density at radius 3 is 2.59 bits per heavy atom. The van der Waals surface area contributed by atoms with Crippen molar-refractivity contribution in [3.63, 3.8) is 0 Å². The highest BCUT2D eigenvalue weighted by molar-refractivity contribution is 5.94. The Balaban J connectivity index is 0.000000405. The maximum atomic E-state index is 14.2. The van der Waals surface area contributed by atoms with Crippen LogP contribution in [0.2, 0.25) is 0 Å². The number of aromatic nitrogens is 3. The number of hydrogen-bond donors (Lipinski definition) is 3. The van der Waals surface area contributed by atoms with Crippen LogP contribution in [0.3, 0.4) is 0 Å². The van der Waals surface area contributed by atoms with E-state index in [1.165, 1.54) is 22.8 Å². The summed E-state index contributed by atoms with van der Waals surface area (Å²) < 4.78 is 53.3. The summed E-state index contributed by atoms with van der Waals surface area (Å²) in [5.41, 5.74) is 6.55. The van der Waals surface area contributed by atoms with Gasteiger partial charge in [-0.05, 0) is 49.9 Å². The van der Waals surface area contributed by atoms with Gasteiger partial charge < -0.3 is 25.6 Å². The summed E-state index contributed by atoms with van der Waals surface area (Å²) in [4.78, 5) is 27.1. The van der Waals surface area contributed by atoms with Crippen molar-refractivity contribution in [3.8, 4) is 5.75 Å². The second-order valence-corrected chi connectivity index (χ2v) is 8.91. The second kappa shape index (κ2) is 9.50. The molecule has 3 heterocycles. The molecule has 2 fully saturated rings. The number of fused-ring (bicyclic) bond motifs is 2. The summed E-state index contributed by atoms with van der Waals surface area (Å²) in [5.74, 6) is -2.52. The molecule has 0 radical (unpaired) electrons. The minimum absolute atomic E-state index is 0.0455. The van der Waals surface area contributed by atoms with Crippen molar-refractivity contribution in [2.24, 2.45) is 11.7 Å². The minimum Gasteiger partial charge on any atom is -0.492 e. The molecule has 1 saturated carbocycles. The number of piperidine rings is 1. The number of carbonyl (C=O) groups is 2. The topological polar surface area (TPSA) is 143 Å². The Labute approximate surface area is 207 Å². The molecular formula is C23H23F4N5O5. The first-order chi connectivity index (χ1) is 17.3. The smallest absolute Gasteiger partial charge is 0.490 e. The molecule has 14 heteroatoms. The van der Waals surface area contributed by atoms with Crippen molar-refractivity contribution in [3.05, 3.63) is 53.6 Å². The summed E-state index contributed by atoms with van der Waals surface area (Å²) in [6.07, 6.45) is -0.280. The average molecular weight is 525 g/mol. The molecule has 1 aromatic carbocycles. The van der Waals surface area contributed by atoms with E-state index < -0.39 is 23.7 Å². The van der Waals surface area contributed by atoms with Crippen LogP contribution >= 0.6 is 0 Å². The van der Waals surface area contributed by atoms with Crippen molar-refractivity contribution in [2.75, 3.05) is 18.1 Å². The van der Waals surface area contributed by atoms with E-state index in [0.29, 0.717) is 24.1 Å². The third-order valence-electron chi connectivity index (χ3n) is 6.27. The molecule has 198 valence electrons. The van der Waals surface area contributed by atoms with Gasteiger partial charge in [0.25, 0.3) is 0 Å². The lowest BCUT2D eigenvalue weighted by atomic mass is 10.0. The molecule has 0 amide bonds. The molecule has 37 heavy (non-hydrogen) atoms. The number of rotatable bonds is 6. The molecule has 1 saturated heterocycles. The first kappa shape index (κ1) is 26.1. The zero-order valence-electron chi connectivity index (χ0n) is 19.4. The Morgan fingerprint density at radius 1 is 1.30 bits per heavy atom. The third-order valence-corrected chi connectivity index (χ3v) is 6.27.